The SMILES string of the molecule is Cc1nc(-c2cccs2)sc1-c1ccc(=O)n(CCNS(=O)(=O)c2ccccc2Cl)n1. The van der Waals surface area contributed by atoms with Crippen LogP contribution in [0.15, 0.2) is 63.6 Å². The number of nitrogens with one attached hydrogen (secondary N) is 1. The van der Waals surface area contributed by atoms with Crippen LogP contribution in [0.1, 0.15) is 5.69 Å². The number of aryl methyl sites for hydroxylation is 1. The van der Waals surface area contributed by atoms with Crippen molar-refractivity contribution in [2.75, 3.05) is 6.54 Å². The van der Waals surface area contributed by atoms with Crippen molar-refractivity contribution >= 4 is 44.3 Å². The summed E-state index contributed by atoms with van der Waals surface area (Å²) in [4.78, 5) is 18.8. The van der Waals surface area contributed by atoms with E-state index in [1.807, 2.05) is 24.4 Å². The van der Waals surface area contributed by atoms with Gasteiger partial charge in [-0.1, -0.05) is 29.8 Å². The number of thiazole rings is 1. The van der Waals surface area contributed by atoms with Gasteiger partial charge < -0.3 is 0 Å². The normalized spacial score (nSPS) is 11.7. The zero-order valence-corrected chi connectivity index (χ0v) is 19.5. The fourth-order valence-electron chi connectivity index (χ4n) is 2.90. The Morgan fingerprint density at radius 2 is 1.94 bits per heavy atom. The molecule has 11 heteroatoms. The molecule has 0 fully saturated rings. The number of hydrogen-bond donors (Lipinski definition) is 1. The highest BCUT2D eigenvalue weighted by Crippen LogP contribution is 2.35. The van der Waals surface area contributed by atoms with E-state index >= 15 is 0 Å². The highest BCUT2D eigenvalue weighted by Gasteiger charge is 2.17. The molecule has 4 rings (SSSR count). The van der Waals surface area contributed by atoms with Gasteiger partial charge in [-0.05, 0) is 36.6 Å². The van der Waals surface area contributed by atoms with Crippen LogP contribution in [0.25, 0.3) is 20.5 Å². The minimum absolute atomic E-state index is 0.00730. The van der Waals surface area contributed by atoms with Gasteiger partial charge in [0.2, 0.25) is 10.0 Å². The van der Waals surface area contributed by atoms with Gasteiger partial charge >= 0.3 is 0 Å². The maximum Gasteiger partial charge on any atom is 0.266 e. The molecule has 0 atom stereocenters. The predicted molar refractivity (Wildman–Crippen MR) is 124 cm³/mol. The zero-order chi connectivity index (χ0) is 22.0. The van der Waals surface area contributed by atoms with E-state index in [0.717, 1.165) is 20.5 Å². The molecular weight excluding hydrogens is 476 g/mol. The van der Waals surface area contributed by atoms with Crippen molar-refractivity contribution in [3.63, 3.8) is 0 Å². The van der Waals surface area contributed by atoms with Crippen molar-refractivity contribution in [2.24, 2.45) is 0 Å². The molecule has 0 saturated carbocycles. The summed E-state index contributed by atoms with van der Waals surface area (Å²) in [5.41, 5.74) is 1.12. The van der Waals surface area contributed by atoms with E-state index in [2.05, 4.69) is 14.8 Å². The molecule has 160 valence electrons. The molecule has 4 aromatic rings. The Labute approximate surface area is 192 Å². The molecule has 1 aromatic carbocycles. The van der Waals surface area contributed by atoms with E-state index in [1.165, 1.54) is 34.2 Å². The van der Waals surface area contributed by atoms with E-state index in [4.69, 9.17) is 11.6 Å². The van der Waals surface area contributed by atoms with Crippen LogP contribution < -0.4 is 10.3 Å². The average molecular weight is 493 g/mol. The molecule has 3 heterocycles. The molecule has 3 aromatic heterocycles. The molecule has 0 bridgehead atoms. The van der Waals surface area contributed by atoms with Crippen LogP contribution in [0, 0.1) is 6.92 Å². The third-order valence-electron chi connectivity index (χ3n) is 4.37. The van der Waals surface area contributed by atoms with Crippen molar-refractivity contribution in [1.29, 1.82) is 0 Å². The standard InChI is InChI=1S/C20H17ClN4O3S3/c1-13-19(30-20(23-13)16-6-4-12-29-16)15-8-9-18(26)25(24-15)11-10-22-31(27,28)17-7-3-2-5-14(17)21/h2-9,12,22H,10-11H2,1H3. The number of aromatic nitrogens is 3. The third-order valence-corrected chi connectivity index (χ3v) is 8.55. The van der Waals surface area contributed by atoms with Crippen molar-refractivity contribution in [1.82, 2.24) is 19.5 Å². The molecular formula is C20H17ClN4O3S3. The zero-order valence-electron chi connectivity index (χ0n) is 16.3. The Kier molecular flexibility index (Phi) is 6.35. The molecule has 0 radical (unpaired) electrons. The van der Waals surface area contributed by atoms with Crippen LogP contribution in [0.5, 0.6) is 0 Å². The largest absolute Gasteiger partial charge is 0.268 e. The Morgan fingerprint density at radius 3 is 2.68 bits per heavy atom. The van der Waals surface area contributed by atoms with Crippen LogP contribution in [0.4, 0.5) is 0 Å². The number of nitrogens with zero attached hydrogens (tertiary/aromatic N) is 3. The van der Waals surface area contributed by atoms with Crippen LogP contribution in [0.3, 0.4) is 0 Å². The molecule has 0 aliphatic carbocycles. The molecule has 0 amide bonds. The van der Waals surface area contributed by atoms with E-state index in [0.29, 0.717) is 5.69 Å². The van der Waals surface area contributed by atoms with Crippen molar-refractivity contribution in [2.45, 2.75) is 18.4 Å². The van der Waals surface area contributed by atoms with Gasteiger partial charge in [-0.2, -0.15) is 5.10 Å². The molecule has 7 nitrogen and oxygen atoms in total. The molecule has 0 aliphatic rings. The summed E-state index contributed by atoms with van der Waals surface area (Å²) in [6.45, 7) is 1.97. The molecule has 0 saturated heterocycles. The smallest absolute Gasteiger partial charge is 0.266 e. The van der Waals surface area contributed by atoms with E-state index in [1.54, 1.807) is 29.5 Å². The highest BCUT2D eigenvalue weighted by molar-refractivity contribution is 7.89. The second-order valence-electron chi connectivity index (χ2n) is 6.52. The lowest BCUT2D eigenvalue weighted by Crippen LogP contribution is -2.32. The van der Waals surface area contributed by atoms with Crippen LogP contribution in [-0.2, 0) is 16.6 Å². The summed E-state index contributed by atoms with van der Waals surface area (Å²) in [7, 11) is -3.80. The van der Waals surface area contributed by atoms with Crippen LogP contribution in [-0.4, -0.2) is 29.7 Å². The Morgan fingerprint density at radius 1 is 1.13 bits per heavy atom. The monoisotopic (exact) mass is 492 g/mol. The maximum atomic E-state index is 12.5. The summed E-state index contributed by atoms with van der Waals surface area (Å²) in [5.74, 6) is 0. The van der Waals surface area contributed by atoms with Crippen LogP contribution in [0.2, 0.25) is 5.02 Å². The second-order valence-corrected chi connectivity index (χ2v) is 10.6. The molecule has 0 unspecified atom stereocenters. The summed E-state index contributed by atoms with van der Waals surface area (Å²) in [6, 6.07) is 13.2. The van der Waals surface area contributed by atoms with Gasteiger partial charge in [0, 0.05) is 12.6 Å². The first-order valence-electron chi connectivity index (χ1n) is 9.19. The van der Waals surface area contributed by atoms with Crippen molar-refractivity contribution < 1.29 is 8.42 Å². The first-order valence-corrected chi connectivity index (χ1v) is 12.7. The fourth-order valence-corrected chi connectivity index (χ4v) is 6.26. The number of hydrogen-bond acceptors (Lipinski definition) is 7. The first-order chi connectivity index (χ1) is 14.8. The summed E-state index contributed by atoms with van der Waals surface area (Å²) < 4.78 is 28.6. The topological polar surface area (TPSA) is 94.0 Å². The van der Waals surface area contributed by atoms with E-state index in [9.17, 15) is 13.2 Å². The quantitative estimate of drug-likeness (QED) is 0.420. The van der Waals surface area contributed by atoms with E-state index in [-0.39, 0.29) is 28.6 Å². The third kappa shape index (κ3) is 4.78. The van der Waals surface area contributed by atoms with Gasteiger partial charge in [0.15, 0.2) is 0 Å². The maximum absolute atomic E-state index is 12.5. The predicted octanol–water partition coefficient (Wildman–Crippen LogP) is 4.04. The van der Waals surface area contributed by atoms with Crippen LogP contribution >= 0.6 is 34.3 Å². The molecule has 1 N–H and O–H groups in total. The lowest BCUT2D eigenvalue weighted by Gasteiger charge is -2.09. The summed E-state index contributed by atoms with van der Waals surface area (Å²) in [6.07, 6.45) is 0. The number of thiophene rings is 1. The van der Waals surface area contributed by atoms with Gasteiger partial charge in [0.25, 0.3) is 5.56 Å². The summed E-state index contributed by atoms with van der Waals surface area (Å²) in [5, 5.41) is 7.45. The molecule has 31 heavy (non-hydrogen) atoms. The minimum atomic E-state index is -3.80. The van der Waals surface area contributed by atoms with Crippen molar-refractivity contribution in [3.05, 3.63) is 75.0 Å². The highest BCUT2D eigenvalue weighted by atomic mass is 35.5. The number of benzene rings is 1. The molecule has 0 aliphatic heterocycles. The summed E-state index contributed by atoms with van der Waals surface area (Å²) >= 11 is 9.10. The van der Waals surface area contributed by atoms with Crippen molar-refractivity contribution in [3.8, 4) is 20.5 Å². The van der Waals surface area contributed by atoms with Gasteiger partial charge in [0.05, 0.1) is 27.0 Å². The number of rotatable bonds is 7. The average Bonchev–Trinajstić information content (AvgIpc) is 3.39. The second kappa shape index (κ2) is 9.01. The first kappa shape index (κ1) is 21.8. The number of sulfonamides is 1. The number of halogens is 1. The molecule has 0 spiro atoms. The van der Waals surface area contributed by atoms with Gasteiger partial charge in [-0.3, -0.25) is 4.79 Å². The van der Waals surface area contributed by atoms with Gasteiger partial charge in [0.1, 0.15) is 15.6 Å². The van der Waals surface area contributed by atoms with Gasteiger partial charge in [-0.15, -0.1) is 22.7 Å². The minimum Gasteiger partial charge on any atom is -0.268 e. The lowest BCUT2D eigenvalue weighted by atomic mass is 10.3. The lowest BCUT2D eigenvalue weighted by molar-refractivity contribution is 0.549. The van der Waals surface area contributed by atoms with E-state index < -0.39 is 10.0 Å². The Hall–Kier alpha value is -2.37. The Bertz CT molecular complexity index is 1380. The Balaban J connectivity index is 1.53. The van der Waals surface area contributed by atoms with Gasteiger partial charge in [-0.25, -0.2) is 22.8 Å². The fraction of sp³-hybridized carbons (Fsp3) is 0.150.